The van der Waals surface area contributed by atoms with Crippen LogP contribution in [0.4, 0.5) is 0 Å². The van der Waals surface area contributed by atoms with E-state index in [1.807, 2.05) is 18.2 Å². The zero-order chi connectivity index (χ0) is 16.6. The maximum absolute atomic E-state index is 12.7. The van der Waals surface area contributed by atoms with Gasteiger partial charge in [0.25, 0.3) is 0 Å². The number of carbonyl (C=O) groups excluding carboxylic acids is 1. The Balaban J connectivity index is 2.37. The zero-order valence-electron chi connectivity index (χ0n) is 12.9. The van der Waals surface area contributed by atoms with Gasteiger partial charge in [-0.3, -0.25) is 9.59 Å². The Morgan fingerprint density at radius 1 is 1.09 bits per heavy atom. The highest BCUT2D eigenvalue weighted by Gasteiger charge is 2.18. The normalized spacial score (nSPS) is 12.3. The molecule has 0 radical (unpaired) electrons. The standard InChI is InChI=1S/C19H16O4/c1-11(19(22)23-2)14-9-13-8-7-12-5-3-4-6-15(12)18(21)17(13)16(20)10-14/h3-11,20H,1-2H3. The van der Waals surface area contributed by atoms with E-state index in [2.05, 4.69) is 0 Å². The van der Waals surface area contributed by atoms with Crippen LogP contribution in [-0.2, 0) is 9.53 Å². The number of rotatable bonds is 2. The summed E-state index contributed by atoms with van der Waals surface area (Å²) in [5.74, 6) is -1.04. The lowest BCUT2D eigenvalue weighted by molar-refractivity contribution is -0.141. The predicted molar refractivity (Wildman–Crippen MR) is 89.8 cm³/mol. The molecule has 0 aliphatic heterocycles. The third kappa shape index (κ3) is 2.52. The SMILES string of the molecule is COC(=O)C(C)c1cc(O)c2c(=O)c3ccccc3ccc2c1. The predicted octanol–water partition coefficient (Wildman–Crippen LogP) is 3.34. The Morgan fingerprint density at radius 2 is 1.78 bits per heavy atom. The summed E-state index contributed by atoms with van der Waals surface area (Å²) in [7, 11) is 1.32. The molecule has 1 atom stereocenters. The van der Waals surface area contributed by atoms with Gasteiger partial charge in [-0.25, -0.2) is 0 Å². The van der Waals surface area contributed by atoms with E-state index in [0.717, 1.165) is 5.39 Å². The zero-order valence-corrected chi connectivity index (χ0v) is 12.9. The van der Waals surface area contributed by atoms with Gasteiger partial charge in [0.15, 0.2) is 5.43 Å². The van der Waals surface area contributed by atoms with Crippen LogP contribution in [0.5, 0.6) is 5.75 Å². The molecule has 0 bridgehead atoms. The van der Waals surface area contributed by atoms with Crippen molar-refractivity contribution in [2.45, 2.75) is 12.8 Å². The largest absolute Gasteiger partial charge is 0.507 e. The molecule has 0 saturated heterocycles. The fourth-order valence-corrected chi connectivity index (χ4v) is 2.78. The van der Waals surface area contributed by atoms with Crippen molar-refractivity contribution < 1.29 is 14.6 Å². The van der Waals surface area contributed by atoms with Crippen molar-refractivity contribution in [2.75, 3.05) is 7.11 Å². The lowest BCUT2D eigenvalue weighted by Gasteiger charge is -2.10. The molecule has 0 fully saturated rings. The van der Waals surface area contributed by atoms with Crippen LogP contribution in [-0.4, -0.2) is 18.2 Å². The summed E-state index contributed by atoms with van der Waals surface area (Å²) in [6.07, 6.45) is 0. The minimum absolute atomic E-state index is 0.125. The van der Waals surface area contributed by atoms with Crippen molar-refractivity contribution in [3.63, 3.8) is 0 Å². The van der Waals surface area contributed by atoms with Gasteiger partial charge >= 0.3 is 5.97 Å². The molecule has 1 unspecified atom stereocenters. The molecule has 0 saturated carbocycles. The van der Waals surface area contributed by atoms with Gasteiger partial charge < -0.3 is 9.84 Å². The Kier molecular flexibility index (Phi) is 3.74. The van der Waals surface area contributed by atoms with Crippen molar-refractivity contribution >= 4 is 27.5 Å². The summed E-state index contributed by atoms with van der Waals surface area (Å²) in [5.41, 5.74) is 0.381. The van der Waals surface area contributed by atoms with E-state index in [0.29, 0.717) is 16.3 Å². The van der Waals surface area contributed by atoms with E-state index in [9.17, 15) is 14.7 Å². The van der Waals surface area contributed by atoms with Crippen molar-refractivity contribution in [3.8, 4) is 5.75 Å². The van der Waals surface area contributed by atoms with Gasteiger partial charge in [-0.05, 0) is 35.4 Å². The van der Waals surface area contributed by atoms with Gasteiger partial charge in [0.1, 0.15) is 5.75 Å². The first kappa shape index (κ1) is 15.0. The smallest absolute Gasteiger partial charge is 0.312 e. The lowest BCUT2D eigenvalue weighted by atomic mass is 9.98. The Morgan fingerprint density at radius 3 is 2.52 bits per heavy atom. The number of ether oxygens (including phenoxy) is 1. The number of benzene rings is 2. The van der Waals surface area contributed by atoms with E-state index in [4.69, 9.17) is 4.74 Å². The second-order valence-corrected chi connectivity index (χ2v) is 5.50. The Labute approximate surface area is 132 Å². The number of fused-ring (bicyclic) bond motifs is 2. The fraction of sp³-hybridized carbons (Fsp3) is 0.158. The van der Waals surface area contributed by atoms with Crippen molar-refractivity contribution in [2.24, 2.45) is 0 Å². The molecule has 0 aliphatic rings. The second kappa shape index (κ2) is 5.72. The van der Waals surface area contributed by atoms with E-state index >= 15 is 0 Å². The van der Waals surface area contributed by atoms with Crippen molar-refractivity contribution in [3.05, 3.63) is 64.3 Å². The molecule has 0 heterocycles. The Hall–Kier alpha value is -2.88. The van der Waals surface area contributed by atoms with Gasteiger partial charge in [0.2, 0.25) is 0 Å². The molecule has 23 heavy (non-hydrogen) atoms. The quantitative estimate of drug-likeness (QED) is 0.738. The highest BCUT2D eigenvalue weighted by molar-refractivity contribution is 5.97. The number of phenolic OH excluding ortho intramolecular Hbond substituents is 1. The molecule has 0 aliphatic carbocycles. The summed E-state index contributed by atoms with van der Waals surface area (Å²) in [6, 6.07) is 14.1. The maximum atomic E-state index is 12.7. The van der Waals surface area contributed by atoms with Crippen LogP contribution in [0.2, 0.25) is 0 Å². The molecule has 1 N–H and O–H groups in total. The number of carbonyl (C=O) groups is 1. The number of methoxy groups -OCH3 is 1. The Bertz CT molecular complexity index is 976. The summed E-state index contributed by atoms with van der Waals surface area (Å²) in [6.45, 7) is 1.70. The van der Waals surface area contributed by atoms with Crippen LogP contribution in [0.3, 0.4) is 0 Å². The monoisotopic (exact) mass is 308 g/mol. The summed E-state index contributed by atoms with van der Waals surface area (Å²) in [5, 5.41) is 12.6. The molecule has 4 heteroatoms. The summed E-state index contributed by atoms with van der Waals surface area (Å²) in [4.78, 5) is 24.4. The molecule has 3 aromatic carbocycles. The van der Waals surface area contributed by atoms with Crippen molar-refractivity contribution in [1.29, 1.82) is 0 Å². The third-order valence-corrected chi connectivity index (χ3v) is 4.10. The number of hydrogen-bond donors (Lipinski definition) is 1. The summed E-state index contributed by atoms with van der Waals surface area (Å²) < 4.78 is 4.74. The van der Waals surface area contributed by atoms with Gasteiger partial charge in [-0.15, -0.1) is 0 Å². The highest BCUT2D eigenvalue weighted by atomic mass is 16.5. The molecule has 0 aromatic heterocycles. The second-order valence-electron chi connectivity index (χ2n) is 5.50. The number of phenols is 1. The lowest BCUT2D eigenvalue weighted by Crippen LogP contribution is -2.11. The average molecular weight is 308 g/mol. The van der Waals surface area contributed by atoms with Crippen LogP contribution in [0.15, 0.2) is 53.3 Å². The van der Waals surface area contributed by atoms with Gasteiger partial charge in [0, 0.05) is 5.39 Å². The molecule has 3 rings (SSSR count). The van der Waals surface area contributed by atoms with Crippen molar-refractivity contribution in [1.82, 2.24) is 0 Å². The number of esters is 1. The van der Waals surface area contributed by atoms with E-state index in [1.165, 1.54) is 13.2 Å². The first-order valence-electron chi connectivity index (χ1n) is 7.29. The van der Waals surface area contributed by atoms with Crippen LogP contribution >= 0.6 is 0 Å². The highest BCUT2D eigenvalue weighted by Crippen LogP contribution is 2.29. The van der Waals surface area contributed by atoms with Crippen LogP contribution in [0.1, 0.15) is 18.4 Å². The maximum Gasteiger partial charge on any atom is 0.312 e. The third-order valence-electron chi connectivity index (χ3n) is 4.10. The molecule has 116 valence electrons. The molecule has 3 aromatic rings. The molecule has 4 nitrogen and oxygen atoms in total. The fourth-order valence-electron chi connectivity index (χ4n) is 2.78. The van der Waals surface area contributed by atoms with Gasteiger partial charge in [0.05, 0.1) is 18.4 Å². The van der Waals surface area contributed by atoms with Crippen LogP contribution in [0, 0.1) is 0 Å². The van der Waals surface area contributed by atoms with E-state index < -0.39 is 11.9 Å². The van der Waals surface area contributed by atoms with Gasteiger partial charge in [-0.1, -0.05) is 36.4 Å². The van der Waals surface area contributed by atoms with Gasteiger partial charge in [-0.2, -0.15) is 0 Å². The minimum atomic E-state index is -0.523. The molecule has 0 amide bonds. The first-order valence-corrected chi connectivity index (χ1v) is 7.29. The minimum Gasteiger partial charge on any atom is -0.507 e. The molecular formula is C19H16O4. The first-order chi connectivity index (χ1) is 11.0. The van der Waals surface area contributed by atoms with E-state index in [-0.39, 0.29) is 16.6 Å². The van der Waals surface area contributed by atoms with E-state index in [1.54, 1.807) is 31.2 Å². The molecule has 0 spiro atoms. The number of hydrogen-bond acceptors (Lipinski definition) is 4. The summed E-state index contributed by atoms with van der Waals surface area (Å²) >= 11 is 0. The van der Waals surface area contributed by atoms with Crippen LogP contribution < -0.4 is 5.43 Å². The molecular weight excluding hydrogens is 292 g/mol. The van der Waals surface area contributed by atoms with Crippen LogP contribution in [0.25, 0.3) is 21.5 Å². The average Bonchev–Trinajstić information content (AvgIpc) is 2.71. The number of aromatic hydroxyl groups is 1. The topological polar surface area (TPSA) is 63.6 Å².